The van der Waals surface area contributed by atoms with Crippen LogP contribution in [0.4, 0.5) is 11.8 Å². The number of nitrogens with zero attached hydrogens (tertiary/aromatic N) is 4. The highest BCUT2D eigenvalue weighted by molar-refractivity contribution is 5.91. The van der Waals surface area contributed by atoms with Crippen molar-refractivity contribution in [2.75, 3.05) is 23.3 Å². The Labute approximate surface area is 185 Å². The number of hydrogen-bond acceptors (Lipinski definition) is 5. The molecule has 0 aliphatic carbocycles. The molecule has 1 aliphatic heterocycles. The summed E-state index contributed by atoms with van der Waals surface area (Å²) >= 11 is 0. The molecular formula is C25H25N7. The molecule has 5 aromatic rings. The van der Waals surface area contributed by atoms with Gasteiger partial charge in [-0.3, -0.25) is 5.10 Å². The molecule has 7 nitrogen and oxygen atoms in total. The maximum absolute atomic E-state index is 4.91. The number of aryl methyl sites for hydroxylation is 1. The van der Waals surface area contributed by atoms with E-state index in [0.717, 1.165) is 55.0 Å². The molecule has 0 unspecified atom stereocenters. The zero-order chi connectivity index (χ0) is 21.5. The monoisotopic (exact) mass is 423 g/mol. The lowest BCUT2D eigenvalue weighted by Gasteiger charge is -2.28. The molecule has 0 radical (unpaired) electrons. The highest BCUT2D eigenvalue weighted by Crippen LogP contribution is 2.32. The van der Waals surface area contributed by atoms with E-state index in [0.29, 0.717) is 5.95 Å². The molecule has 4 heterocycles. The van der Waals surface area contributed by atoms with E-state index in [-0.39, 0.29) is 0 Å². The first-order chi connectivity index (χ1) is 15.8. The van der Waals surface area contributed by atoms with Gasteiger partial charge in [0.2, 0.25) is 5.95 Å². The maximum atomic E-state index is 4.91. The fourth-order valence-corrected chi connectivity index (χ4v) is 4.64. The van der Waals surface area contributed by atoms with Crippen LogP contribution in [0.5, 0.6) is 0 Å². The van der Waals surface area contributed by atoms with Crippen LogP contribution in [0.1, 0.15) is 22.4 Å². The number of benzene rings is 2. The van der Waals surface area contributed by atoms with Crippen LogP contribution < -0.4 is 10.2 Å². The molecule has 2 aromatic carbocycles. The summed E-state index contributed by atoms with van der Waals surface area (Å²) in [6, 6.07) is 16.9. The first kappa shape index (κ1) is 18.9. The van der Waals surface area contributed by atoms with Gasteiger partial charge in [-0.1, -0.05) is 48.5 Å². The van der Waals surface area contributed by atoms with Gasteiger partial charge in [-0.2, -0.15) is 15.1 Å². The van der Waals surface area contributed by atoms with Crippen LogP contribution in [0.15, 0.2) is 54.7 Å². The second kappa shape index (κ2) is 7.67. The third kappa shape index (κ3) is 3.26. The first-order valence-electron chi connectivity index (χ1n) is 11.1. The molecule has 6 rings (SSSR count). The van der Waals surface area contributed by atoms with Crippen molar-refractivity contribution in [2.24, 2.45) is 0 Å². The van der Waals surface area contributed by atoms with E-state index in [2.05, 4.69) is 86.0 Å². The predicted molar refractivity (Wildman–Crippen MR) is 128 cm³/mol. The summed E-state index contributed by atoms with van der Waals surface area (Å²) in [6.45, 7) is 4.62. The Morgan fingerprint density at radius 2 is 1.97 bits per heavy atom. The molecule has 3 N–H and O–H groups in total. The Hall–Kier alpha value is -3.87. The van der Waals surface area contributed by atoms with Crippen LogP contribution in [0.25, 0.3) is 21.9 Å². The van der Waals surface area contributed by atoms with Gasteiger partial charge in [0.25, 0.3) is 0 Å². The molecule has 1 aliphatic rings. The van der Waals surface area contributed by atoms with E-state index < -0.39 is 0 Å². The average Bonchev–Trinajstić information content (AvgIpc) is 3.42. The van der Waals surface area contributed by atoms with Crippen LogP contribution >= 0.6 is 0 Å². The van der Waals surface area contributed by atoms with Crippen molar-refractivity contribution in [1.29, 1.82) is 0 Å². The Morgan fingerprint density at radius 3 is 2.88 bits per heavy atom. The molecular weight excluding hydrogens is 398 g/mol. The standard InChI is InChI=1S/C25H25N7/c1-16-6-5-9-19-18(14-27-22(16)19)10-12-26-25-28-23-21-20(30-31-23)11-13-32(24(21)29-25)15-17-7-3-2-4-8-17/h2-9,14,27H,10-13,15H2,1H3,(H2,26,28,29,30,31). The van der Waals surface area contributed by atoms with Crippen LogP contribution in [-0.2, 0) is 19.4 Å². The highest BCUT2D eigenvalue weighted by atomic mass is 15.3. The van der Waals surface area contributed by atoms with E-state index in [1.807, 2.05) is 6.07 Å². The van der Waals surface area contributed by atoms with Gasteiger partial charge in [0.05, 0.1) is 11.1 Å². The van der Waals surface area contributed by atoms with Crippen molar-refractivity contribution in [2.45, 2.75) is 26.3 Å². The van der Waals surface area contributed by atoms with Crippen LogP contribution in [0.3, 0.4) is 0 Å². The van der Waals surface area contributed by atoms with Crippen molar-refractivity contribution < 1.29 is 0 Å². The van der Waals surface area contributed by atoms with Gasteiger partial charge in [-0.25, -0.2) is 0 Å². The first-order valence-corrected chi connectivity index (χ1v) is 11.1. The number of anilines is 2. The van der Waals surface area contributed by atoms with Gasteiger partial charge in [0, 0.05) is 43.2 Å². The topological polar surface area (TPSA) is 85.5 Å². The van der Waals surface area contributed by atoms with Crippen LogP contribution in [0, 0.1) is 6.92 Å². The van der Waals surface area contributed by atoms with Crippen molar-refractivity contribution in [3.05, 3.63) is 77.1 Å². The van der Waals surface area contributed by atoms with E-state index in [1.54, 1.807) is 0 Å². The number of H-pyrrole nitrogens is 2. The quantitative estimate of drug-likeness (QED) is 0.378. The second-order valence-corrected chi connectivity index (χ2v) is 8.42. The Morgan fingerprint density at radius 1 is 1.06 bits per heavy atom. The number of aromatic nitrogens is 5. The summed E-state index contributed by atoms with van der Waals surface area (Å²) < 4.78 is 0. The summed E-state index contributed by atoms with van der Waals surface area (Å²) in [5.41, 5.74) is 6.90. The number of fused-ring (bicyclic) bond motifs is 1. The summed E-state index contributed by atoms with van der Waals surface area (Å²) in [5, 5.41) is 13.4. The third-order valence-corrected chi connectivity index (χ3v) is 6.30. The van der Waals surface area contributed by atoms with E-state index >= 15 is 0 Å². The van der Waals surface area contributed by atoms with Gasteiger partial charge < -0.3 is 15.2 Å². The van der Waals surface area contributed by atoms with E-state index in [9.17, 15) is 0 Å². The zero-order valence-electron chi connectivity index (χ0n) is 18.0. The van der Waals surface area contributed by atoms with Crippen molar-refractivity contribution >= 4 is 33.7 Å². The Balaban J connectivity index is 1.25. The third-order valence-electron chi connectivity index (χ3n) is 6.30. The predicted octanol–water partition coefficient (Wildman–Crippen LogP) is 4.36. The summed E-state index contributed by atoms with van der Waals surface area (Å²) in [7, 11) is 0. The van der Waals surface area contributed by atoms with Gasteiger partial charge >= 0.3 is 0 Å². The van der Waals surface area contributed by atoms with E-state index in [4.69, 9.17) is 4.98 Å². The summed E-state index contributed by atoms with van der Waals surface area (Å²) in [6.07, 6.45) is 3.92. The fourth-order valence-electron chi connectivity index (χ4n) is 4.64. The van der Waals surface area contributed by atoms with Crippen LogP contribution in [0.2, 0.25) is 0 Å². The number of nitrogens with one attached hydrogen (secondary N) is 3. The van der Waals surface area contributed by atoms with E-state index in [1.165, 1.54) is 27.6 Å². The van der Waals surface area contributed by atoms with Crippen LogP contribution in [-0.4, -0.2) is 38.2 Å². The lowest BCUT2D eigenvalue weighted by molar-refractivity contribution is 0.747. The number of para-hydroxylation sites is 1. The molecule has 0 amide bonds. The SMILES string of the molecule is Cc1cccc2c(CCNc3nc4c5c([nH]nc5n3)CCN4Cc3ccccc3)c[nH]c12. The van der Waals surface area contributed by atoms with Crippen molar-refractivity contribution in [3.63, 3.8) is 0 Å². The maximum Gasteiger partial charge on any atom is 0.226 e. The van der Waals surface area contributed by atoms with Gasteiger partial charge in [-0.15, -0.1) is 0 Å². The van der Waals surface area contributed by atoms with Crippen molar-refractivity contribution in [3.8, 4) is 0 Å². The molecule has 7 heteroatoms. The lowest BCUT2D eigenvalue weighted by Crippen LogP contribution is -2.29. The molecule has 0 saturated carbocycles. The molecule has 0 bridgehead atoms. The summed E-state index contributed by atoms with van der Waals surface area (Å²) in [5.74, 6) is 1.58. The van der Waals surface area contributed by atoms with Gasteiger partial charge in [0.1, 0.15) is 5.82 Å². The zero-order valence-corrected chi connectivity index (χ0v) is 18.0. The molecule has 0 saturated heterocycles. The lowest BCUT2D eigenvalue weighted by atomic mass is 10.1. The second-order valence-electron chi connectivity index (χ2n) is 8.42. The number of aromatic amines is 2. The smallest absolute Gasteiger partial charge is 0.226 e. The Kier molecular flexibility index (Phi) is 4.52. The van der Waals surface area contributed by atoms with Gasteiger partial charge in [-0.05, 0) is 30.0 Å². The minimum atomic E-state index is 0.626. The molecule has 160 valence electrons. The highest BCUT2D eigenvalue weighted by Gasteiger charge is 2.24. The molecule has 0 atom stereocenters. The largest absolute Gasteiger partial charge is 0.361 e. The normalized spacial score (nSPS) is 13.2. The average molecular weight is 424 g/mol. The Bertz CT molecular complexity index is 1400. The van der Waals surface area contributed by atoms with Crippen molar-refractivity contribution in [1.82, 2.24) is 25.1 Å². The molecule has 0 spiro atoms. The summed E-state index contributed by atoms with van der Waals surface area (Å²) in [4.78, 5) is 15.3. The molecule has 3 aromatic heterocycles. The number of rotatable bonds is 6. The molecule has 0 fully saturated rings. The fraction of sp³-hybridized carbons (Fsp3) is 0.240. The number of hydrogen-bond donors (Lipinski definition) is 3. The minimum Gasteiger partial charge on any atom is -0.361 e. The van der Waals surface area contributed by atoms with Gasteiger partial charge in [0.15, 0.2) is 5.65 Å². The minimum absolute atomic E-state index is 0.626. The molecule has 32 heavy (non-hydrogen) atoms.